The van der Waals surface area contributed by atoms with E-state index in [1.807, 2.05) is 6.07 Å². The number of halogens is 1. The summed E-state index contributed by atoms with van der Waals surface area (Å²) in [6, 6.07) is 11.1. The third-order valence-corrected chi connectivity index (χ3v) is 3.58. The molecule has 19 heavy (non-hydrogen) atoms. The molecule has 1 heterocycles. The average Bonchev–Trinajstić information content (AvgIpc) is 2.38. The van der Waals surface area contributed by atoms with Gasteiger partial charge in [-0.1, -0.05) is 12.1 Å². The van der Waals surface area contributed by atoms with Crippen molar-refractivity contribution in [3.8, 4) is 6.07 Å². The van der Waals surface area contributed by atoms with E-state index in [1.54, 1.807) is 0 Å². The lowest BCUT2D eigenvalue weighted by Gasteiger charge is -2.07. The molecule has 0 atom stereocenters. The first-order valence-electron chi connectivity index (χ1n) is 5.17. The van der Waals surface area contributed by atoms with Gasteiger partial charge in [-0.05, 0) is 30.3 Å². The summed E-state index contributed by atoms with van der Waals surface area (Å²) in [6.45, 7) is 0. The van der Waals surface area contributed by atoms with E-state index in [4.69, 9.17) is 5.26 Å². The van der Waals surface area contributed by atoms with Crippen LogP contribution in [-0.2, 0) is 10.0 Å². The molecule has 1 aromatic carbocycles. The first kappa shape index (κ1) is 13.0. The molecule has 1 aromatic heterocycles. The fraction of sp³-hybridized carbons (Fsp3) is 0. The number of nitriles is 1. The van der Waals surface area contributed by atoms with Crippen LogP contribution in [0.1, 0.15) is 5.56 Å². The average molecular weight is 277 g/mol. The van der Waals surface area contributed by atoms with Crippen LogP contribution in [-0.4, -0.2) is 13.4 Å². The van der Waals surface area contributed by atoms with E-state index in [2.05, 4.69) is 9.71 Å². The van der Waals surface area contributed by atoms with Crippen molar-refractivity contribution in [1.82, 2.24) is 4.98 Å². The third kappa shape index (κ3) is 3.05. The van der Waals surface area contributed by atoms with Gasteiger partial charge in [-0.25, -0.2) is 13.4 Å². The Balaban J connectivity index is 2.35. The summed E-state index contributed by atoms with van der Waals surface area (Å²) in [6.07, 6.45) is 0. The van der Waals surface area contributed by atoms with E-state index >= 15 is 0 Å². The lowest BCUT2D eigenvalue weighted by atomic mass is 10.2. The van der Waals surface area contributed by atoms with E-state index in [9.17, 15) is 12.8 Å². The largest absolute Gasteiger partial charge is 0.263 e. The van der Waals surface area contributed by atoms with Crippen LogP contribution in [0.2, 0.25) is 0 Å². The van der Waals surface area contributed by atoms with Gasteiger partial charge in [0.15, 0.2) is 0 Å². The van der Waals surface area contributed by atoms with Crippen molar-refractivity contribution >= 4 is 15.8 Å². The number of pyridine rings is 1. The molecule has 0 radical (unpaired) electrons. The van der Waals surface area contributed by atoms with E-state index in [1.165, 1.54) is 36.4 Å². The Morgan fingerprint density at radius 2 is 1.95 bits per heavy atom. The third-order valence-electron chi connectivity index (χ3n) is 2.23. The second-order valence-electron chi connectivity index (χ2n) is 3.59. The Labute approximate surface area is 109 Å². The molecule has 0 aliphatic heterocycles. The van der Waals surface area contributed by atoms with Gasteiger partial charge in [0.1, 0.15) is 5.82 Å². The molecule has 0 saturated heterocycles. The molecule has 2 aromatic rings. The number of aromatic nitrogens is 1. The minimum Gasteiger partial charge on any atom is -0.263 e. The van der Waals surface area contributed by atoms with E-state index in [-0.39, 0.29) is 16.3 Å². The Bertz CT molecular complexity index is 754. The van der Waals surface area contributed by atoms with Crippen LogP contribution in [0.5, 0.6) is 0 Å². The maximum atomic E-state index is 12.9. The molecule has 0 aliphatic rings. The minimum atomic E-state index is -3.89. The highest BCUT2D eigenvalue weighted by molar-refractivity contribution is 7.92. The molecule has 0 unspecified atom stereocenters. The van der Waals surface area contributed by atoms with Crippen LogP contribution in [0.15, 0.2) is 47.4 Å². The van der Waals surface area contributed by atoms with Gasteiger partial charge in [0, 0.05) is 0 Å². The number of nitrogens with one attached hydrogen (secondary N) is 1. The van der Waals surface area contributed by atoms with Crippen molar-refractivity contribution in [3.63, 3.8) is 0 Å². The van der Waals surface area contributed by atoms with E-state index in [0.29, 0.717) is 0 Å². The van der Waals surface area contributed by atoms with Crippen LogP contribution in [0.25, 0.3) is 0 Å². The second-order valence-corrected chi connectivity index (χ2v) is 5.27. The van der Waals surface area contributed by atoms with Crippen LogP contribution < -0.4 is 4.72 Å². The molecule has 0 aliphatic carbocycles. The van der Waals surface area contributed by atoms with Gasteiger partial charge >= 0.3 is 0 Å². The first-order chi connectivity index (χ1) is 9.01. The predicted molar refractivity (Wildman–Crippen MR) is 66.2 cm³/mol. The topological polar surface area (TPSA) is 82.8 Å². The zero-order chi connectivity index (χ0) is 13.9. The summed E-state index contributed by atoms with van der Waals surface area (Å²) in [5, 5.41) is 8.73. The second kappa shape index (κ2) is 5.04. The molecule has 0 fully saturated rings. The molecular formula is C12H8FN3O2S. The van der Waals surface area contributed by atoms with Crippen molar-refractivity contribution < 1.29 is 12.8 Å². The summed E-state index contributed by atoms with van der Waals surface area (Å²) in [5.41, 5.74) is 0.218. The maximum Gasteiger partial charge on any atom is 0.263 e. The maximum absolute atomic E-state index is 12.9. The highest BCUT2D eigenvalue weighted by Crippen LogP contribution is 2.15. The number of benzene rings is 1. The number of rotatable bonds is 3. The summed E-state index contributed by atoms with van der Waals surface area (Å²) < 4.78 is 39.0. The van der Waals surface area contributed by atoms with E-state index in [0.717, 1.165) is 6.07 Å². The monoisotopic (exact) mass is 277 g/mol. The Morgan fingerprint density at radius 3 is 2.63 bits per heavy atom. The van der Waals surface area contributed by atoms with Gasteiger partial charge in [0.2, 0.25) is 5.95 Å². The number of hydrogen-bond acceptors (Lipinski definition) is 4. The Hall–Kier alpha value is -2.46. The highest BCUT2D eigenvalue weighted by Gasteiger charge is 2.15. The number of sulfonamides is 1. The van der Waals surface area contributed by atoms with Gasteiger partial charge in [-0.15, -0.1) is 0 Å². The zero-order valence-electron chi connectivity index (χ0n) is 9.54. The highest BCUT2D eigenvalue weighted by atomic mass is 32.2. The summed E-state index contributed by atoms with van der Waals surface area (Å²) in [5.74, 6) is -0.909. The van der Waals surface area contributed by atoms with Crippen molar-refractivity contribution in [2.75, 3.05) is 4.72 Å². The smallest absolute Gasteiger partial charge is 0.263 e. The molecule has 1 N–H and O–H groups in total. The molecule has 7 heteroatoms. The molecule has 0 amide bonds. The standard InChI is InChI=1S/C12H8FN3O2S/c13-11-5-2-6-12(15-11)16-19(17,18)10-4-1-3-9(7-10)8-14/h1-7H,(H,15,16). The Morgan fingerprint density at radius 1 is 1.21 bits per heavy atom. The van der Waals surface area contributed by atoms with Crippen molar-refractivity contribution in [1.29, 1.82) is 5.26 Å². The fourth-order valence-corrected chi connectivity index (χ4v) is 2.44. The van der Waals surface area contributed by atoms with Gasteiger partial charge in [-0.3, -0.25) is 4.72 Å². The summed E-state index contributed by atoms with van der Waals surface area (Å²) >= 11 is 0. The molecule has 2 rings (SSSR count). The number of nitrogens with zero attached hydrogens (tertiary/aromatic N) is 2. The molecular weight excluding hydrogens is 269 g/mol. The van der Waals surface area contributed by atoms with Crippen molar-refractivity contribution in [2.45, 2.75) is 4.90 Å². The number of hydrogen-bond donors (Lipinski definition) is 1. The molecule has 0 spiro atoms. The van der Waals surface area contributed by atoms with Crippen LogP contribution >= 0.6 is 0 Å². The molecule has 0 saturated carbocycles. The van der Waals surface area contributed by atoms with E-state index < -0.39 is 16.0 Å². The molecule has 0 bridgehead atoms. The predicted octanol–water partition coefficient (Wildman–Crippen LogP) is 1.89. The lowest BCUT2D eigenvalue weighted by Crippen LogP contribution is -2.14. The van der Waals surface area contributed by atoms with Crippen molar-refractivity contribution in [3.05, 3.63) is 54.0 Å². The van der Waals surface area contributed by atoms with Gasteiger partial charge in [0.05, 0.1) is 16.5 Å². The summed E-state index contributed by atoms with van der Waals surface area (Å²) in [4.78, 5) is 3.32. The zero-order valence-corrected chi connectivity index (χ0v) is 10.4. The SMILES string of the molecule is N#Cc1cccc(S(=O)(=O)Nc2cccc(F)n2)c1. The normalized spacial score (nSPS) is 10.7. The van der Waals surface area contributed by atoms with Crippen LogP contribution in [0.3, 0.4) is 0 Å². The molecule has 96 valence electrons. The van der Waals surface area contributed by atoms with Gasteiger partial charge < -0.3 is 0 Å². The first-order valence-corrected chi connectivity index (χ1v) is 6.65. The summed E-state index contributed by atoms with van der Waals surface area (Å²) in [7, 11) is -3.89. The lowest BCUT2D eigenvalue weighted by molar-refractivity contribution is 0.584. The quantitative estimate of drug-likeness (QED) is 0.868. The minimum absolute atomic E-state index is 0.0855. The van der Waals surface area contributed by atoms with Gasteiger partial charge in [-0.2, -0.15) is 9.65 Å². The van der Waals surface area contributed by atoms with Crippen molar-refractivity contribution in [2.24, 2.45) is 0 Å². The number of anilines is 1. The fourth-order valence-electron chi connectivity index (χ4n) is 1.39. The Kier molecular flexibility index (Phi) is 3.44. The van der Waals surface area contributed by atoms with Gasteiger partial charge in [0.25, 0.3) is 10.0 Å². The molecule has 5 nitrogen and oxygen atoms in total. The van der Waals surface area contributed by atoms with Crippen LogP contribution in [0.4, 0.5) is 10.2 Å². The van der Waals surface area contributed by atoms with Crippen LogP contribution in [0, 0.1) is 17.3 Å².